The van der Waals surface area contributed by atoms with Crippen molar-refractivity contribution in [2.24, 2.45) is 11.8 Å². The van der Waals surface area contributed by atoms with Gasteiger partial charge in [-0.25, -0.2) is 18.0 Å². The summed E-state index contributed by atoms with van der Waals surface area (Å²) in [4.78, 5) is 27.0. The number of ether oxygens (including phenoxy) is 2. The highest BCUT2D eigenvalue weighted by molar-refractivity contribution is 8.72. The Balaban J connectivity index is 0.000000257. The zero-order chi connectivity index (χ0) is 56.7. The average molecular weight is 1110 g/mol. The summed E-state index contributed by atoms with van der Waals surface area (Å²) in [6.45, 7) is 28.6. The maximum atomic E-state index is 13.2. The van der Waals surface area contributed by atoms with Crippen molar-refractivity contribution in [2.75, 3.05) is 5.73 Å². The first kappa shape index (κ1) is 63.7. The zero-order valence-corrected chi connectivity index (χ0v) is 49.2. The number of thioether (sulfide) groups is 1. The number of anilines is 1. The predicted molar refractivity (Wildman–Crippen MR) is 315 cm³/mol. The highest BCUT2D eigenvalue weighted by Gasteiger charge is 2.45. The summed E-state index contributed by atoms with van der Waals surface area (Å²) >= 11 is 1.26. The molecule has 0 unspecified atom stereocenters. The molecule has 2 heterocycles. The first-order valence-electron chi connectivity index (χ1n) is 25.8. The summed E-state index contributed by atoms with van der Waals surface area (Å²) in [5, 5.41) is 39.6. The molecule has 0 aromatic heterocycles. The summed E-state index contributed by atoms with van der Waals surface area (Å²) in [5.74, 6) is -0.222. The fourth-order valence-electron chi connectivity index (χ4n) is 8.94. The summed E-state index contributed by atoms with van der Waals surface area (Å²) in [6.07, 6.45) is 4.38. The molecule has 0 amide bonds. The number of phenolic OH excluding ortho intramolecular Hbond substituents is 2. The lowest BCUT2D eigenvalue weighted by molar-refractivity contribution is -0.165. The molecule has 0 aliphatic carbocycles. The second-order valence-corrected chi connectivity index (χ2v) is 27.8. The van der Waals surface area contributed by atoms with Crippen LogP contribution in [0, 0.1) is 39.5 Å². The van der Waals surface area contributed by atoms with Crippen molar-refractivity contribution in [3.63, 3.8) is 0 Å². The van der Waals surface area contributed by atoms with Crippen LogP contribution < -0.4 is 5.73 Å². The van der Waals surface area contributed by atoms with Crippen molar-refractivity contribution in [1.29, 1.82) is 0 Å². The van der Waals surface area contributed by atoms with E-state index in [1.165, 1.54) is 17.3 Å². The lowest BCUT2D eigenvalue weighted by Crippen LogP contribution is -2.44. The van der Waals surface area contributed by atoms with Gasteiger partial charge in [0.25, 0.3) is 0 Å². The molecule has 11 nitrogen and oxygen atoms in total. The van der Waals surface area contributed by atoms with Gasteiger partial charge in [-0.05, 0) is 170 Å². The van der Waals surface area contributed by atoms with Gasteiger partial charge in [0.05, 0.1) is 11.0 Å². The summed E-state index contributed by atoms with van der Waals surface area (Å²) in [6, 6.07) is 29.1. The molecule has 0 radical (unpaired) electrons. The Bertz CT molecular complexity index is 3040. The summed E-state index contributed by atoms with van der Waals surface area (Å²) in [7, 11) is -2.47. The number of aliphatic hydroxyl groups excluding tert-OH is 2. The second-order valence-electron chi connectivity index (χ2n) is 22.9. The Morgan fingerprint density at radius 1 is 0.623 bits per heavy atom. The van der Waals surface area contributed by atoms with Crippen molar-refractivity contribution in [3.05, 3.63) is 164 Å². The molecule has 0 spiro atoms. The molecule has 77 heavy (non-hydrogen) atoms. The van der Waals surface area contributed by atoms with E-state index in [0.717, 1.165) is 72.0 Å². The van der Waals surface area contributed by atoms with Crippen LogP contribution in [-0.4, -0.2) is 52.0 Å². The molecule has 0 bridgehead atoms. The Morgan fingerprint density at radius 3 is 1.53 bits per heavy atom. The quantitative estimate of drug-likeness (QED) is 0.0425. The van der Waals surface area contributed by atoms with Crippen molar-refractivity contribution in [2.45, 2.75) is 180 Å². The van der Waals surface area contributed by atoms with Crippen LogP contribution in [0.2, 0.25) is 0 Å². The Hall–Kier alpha value is -5.83. The second kappa shape index (κ2) is 25.8. The summed E-state index contributed by atoms with van der Waals surface area (Å²) in [5.41, 5.74) is 13.6. The SMILES string of the molecule is C.CC(C)[C@]1(CCc2ccc(O)cc2)CC(O)=CC(=O)O1.Cc1cc(SC2=C(O)C[C@@](CCc3ccc(O)cc3)(C(C)C)OC2=O)c(C(C)(C)C)cc1N.Cc1ccc(S(=O)(=O)Sc2cc(C)c(C)cc2C(C)(C)C)cc1. The molecule has 0 saturated heterocycles. The van der Waals surface area contributed by atoms with Crippen LogP contribution in [-0.2, 0) is 51.6 Å². The number of nitrogens with two attached hydrogens (primary N) is 1. The molecule has 14 heteroatoms. The first-order valence-corrected chi connectivity index (χ1v) is 29.4. The predicted octanol–water partition coefficient (Wildman–Crippen LogP) is 15.6. The van der Waals surface area contributed by atoms with Gasteiger partial charge in [-0.3, -0.25) is 0 Å². The number of esters is 2. The third-order valence-corrected chi connectivity index (χ3v) is 18.8. The Labute approximate surface area is 467 Å². The zero-order valence-electron chi connectivity index (χ0n) is 46.8. The maximum Gasteiger partial charge on any atom is 0.349 e. The number of benzene rings is 5. The molecule has 0 saturated carbocycles. The van der Waals surface area contributed by atoms with Crippen LogP contribution in [0.5, 0.6) is 11.5 Å². The van der Waals surface area contributed by atoms with E-state index in [9.17, 15) is 38.4 Å². The van der Waals surface area contributed by atoms with E-state index in [1.807, 2.05) is 103 Å². The highest BCUT2D eigenvalue weighted by Crippen LogP contribution is 2.46. The molecule has 2 atom stereocenters. The largest absolute Gasteiger partial charge is 0.512 e. The van der Waals surface area contributed by atoms with Gasteiger partial charge in [-0.15, -0.1) is 0 Å². The Kier molecular flexibility index (Phi) is 21.3. The highest BCUT2D eigenvalue weighted by atomic mass is 33.1. The lowest BCUT2D eigenvalue weighted by atomic mass is 9.80. The number of nitrogen functional groups attached to an aromatic ring is 1. The third kappa shape index (κ3) is 16.8. The van der Waals surface area contributed by atoms with Gasteiger partial charge in [0.2, 0.25) is 8.87 Å². The third-order valence-electron chi connectivity index (χ3n) is 14.2. The fraction of sp³-hybridized carbons (Fsp3) is 0.429. The topological polar surface area (TPSA) is 194 Å². The molecule has 418 valence electrons. The fourth-order valence-corrected chi connectivity index (χ4v) is 13.4. The van der Waals surface area contributed by atoms with Gasteiger partial charge >= 0.3 is 11.9 Å². The number of cyclic esters (lactones) is 2. The van der Waals surface area contributed by atoms with E-state index in [2.05, 4.69) is 54.5 Å². The van der Waals surface area contributed by atoms with Gasteiger partial charge in [0.1, 0.15) is 39.1 Å². The van der Waals surface area contributed by atoms with Gasteiger partial charge in [-0.2, -0.15) is 0 Å². The van der Waals surface area contributed by atoms with Crippen LogP contribution in [0.3, 0.4) is 0 Å². The van der Waals surface area contributed by atoms with Gasteiger partial charge < -0.3 is 35.6 Å². The monoisotopic (exact) mass is 1110 g/mol. The Morgan fingerprint density at radius 2 is 1.08 bits per heavy atom. The van der Waals surface area contributed by atoms with Crippen LogP contribution in [0.4, 0.5) is 5.69 Å². The molecule has 2 aliphatic heterocycles. The normalized spacial score (nSPS) is 17.8. The molecule has 0 fully saturated rings. The molecule has 7 rings (SSSR count). The minimum Gasteiger partial charge on any atom is -0.512 e. The minimum absolute atomic E-state index is 0. The number of hydrogen-bond donors (Lipinski definition) is 5. The van der Waals surface area contributed by atoms with E-state index >= 15 is 0 Å². The van der Waals surface area contributed by atoms with E-state index in [0.29, 0.717) is 36.3 Å². The van der Waals surface area contributed by atoms with Crippen molar-refractivity contribution >= 4 is 49.1 Å². The van der Waals surface area contributed by atoms with Gasteiger partial charge in [0, 0.05) is 39.1 Å². The number of phenols is 2. The number of rotatable bonds is 13. The smallest absolute Gasteiger partial charge is 0.349 e. The number of aryl methyl sites for hydroxylation is 6. The lowest BCUT2D eigenvalue weighted by Gasteiger charge is -2.40. The van der Waals surface area contributed by atoms with E-state index in [4.69, 9.17) is 15.2 Å². The van der Waals surface area contributed by atoms with E-state index in [1.54, 1.807) is 36.4 Å². The molecular formula is C63H83NO10S3. The number of carbonyl (C=O) groups is 2. The van der Waals surface area contributed by atoms with Crippen LogP contribution in [0.25, 0.3) is 0 Å². The number of aliphatic hydroxyl groups is 2. The molecule has 6 N–H and O–H groups in total. The molecule has 5 aromatic carbocycles. The van der Waals surface area contributed by atoms with Crippen molar-refractivity contribution in [3.8, 4) is 11.5 Å². The van der Waals surface area contributed by atoms with Crippen molar-refractivity contribution in [1.82, 2.24) is 0 Å². The van der Waals surface area contributed by atoms with Crippen molar-refractivity contribution < 1.29 is 47.9 Å². The molecular weight excluding hydrogens is 1030 g/mol. The van der Waals surface area contributed by atoms with Crippen LogP contribution >= 0.6 is 22.6 Å². The number of hydrogen-bond acceptors (Lipinski definition) is 13. The number of aromatic hydroxyl groups is 2. The average Bonchev–Trinajstić information content (AvgIpc) is 3.31. The van der Waals surface area contributed by atoms with Gasteiger partial charge in [-0.1, -0.05) is 136 Å². The molecule has 5 aromatic rings. The summed E-state index contributed by atoms with van der Waals surface area (Å²) < 4.78 is 37.1. The number of carbonyl (C=O) groups excluding carboxylic acids is 2. The first-order chi connectivity index (χ1) is 35.2. The van der Waals surface area contributed by atoms with E-state index in [-0.39, 0.29) is 64.4 Å². The van der Waals surface area contributed by atoms with E-state index < -0.39 is 32.0 Å². The van der Waals surface area contributed by atoms with Crippen LogP contribution in [0.15, 0.2) is 134 Å². The maximum absolute atomic E-state index is 13.2. The van der Waals surface area contributed by atoms with Crippen LogP contribution in [0.1, 0.15) is 147 Å². The minimum atomic E-state index is -3.43. The standard InChI is InChI=1S/C27H35NO4S.C19H24O2S2.C16H20O4.CH4/c1-16(2)27(12-11-18-7-9-19(29)10-8-18)15-22(30)24(25(31)32-27)33-23-13-17(3)21(28)14-20(23)26(4,5)6;1-13-7-9-16(10-8-13)23(20,21)22-18-12-15(3)14(2)11-17(18)19(4,5)6;1-11(2)16(10-14(18)9-15(19)20-16)8-7-12-3-5-13(17)6-4-12;/h7-10,13-14,16,29-30H,11-12,15,28H2,1-6H3;7-12H,1-6H3;3-6,9,11,17-18H,7-8,10H2,1-2H3;1H4/t27-;;16-;/m0.0./s1. The van der Waals surface area contributed by atoms with Gasteiger partial charge in [0.15, 0.2) is 0 Å². The molecule has 2 aliphatic rings.